The summed E-state index contributed by atoms with van der Waals surface area (Å²) in [6.45, 7) is 19.7. The molecule has 0 saturated carbocycles. The number of carbonyl (C=O) groups is 1. The van der Waals surface area contributed by atoms with E-state index in [0.717, 1.165) is 15.8 Å². The lowest BCUT2D eigenvalue weighted by Crippen LogP contribution is -2.55. The molecular formula is C28H45FN2O3SSi. The number of halogens is 1. The number of amides is 1. The Morgan fingerprint density at radius 2 is 1.81 bits per heavy atom. The van der Waals surface area contributed by atoms with Crippen molar-refractivity contribution in [2.45, 2.75) is 122 Å². The first-order valence-corrected chi connectivity index (χ1v) is 16.4. The van der Waals surface area contributed by atoms with E-state index in [2.05, 4.69) is 47.6 Å². The number of alkyl halides is 1. The van der Waals surface area contributed by atoms with E-state index in [1.807, 2.05) is 32.9 Å². The van der Waals surface area contributed by atoms with Crippen LogP contribution in [-0.2, 0) is 4.74 Å². The van der Waals surface area contributed by atoms with E-state index in [1.54, 1.807) is 16.2 Å². The zero-order valence-electron chi connectivity index (χ0n) is 23.5. The molecule has 2 heterocycles. The molecule has 3 atom stereocenters. The van der Waals surface area contributed by atoms with E-state index in [1.165, 1.54) is 4.63 Å². The molecule has 0 radical (unpaired) electrons. The molecule has 1 aromatic heterocycles. The highest BCUT2D eigenvalue weighted by Crippen LogP contribution is 2.43. The lowest BCUT2D eigenvalue weighted by Gasteiger charge is -2.41. The quantitative estimate of drug-likeness (QED) is 0.376. The van der Waals surface area contributed by atoms with Crippen LogP contribution in [0, 0.1) is 0 Å². The Hall–Kier alpha value is -1.51. The highest BCUT2D eigenvalue weighted by Gasteiger charge is 2.47. The van der Waals surface area contributed by atoms with Gasteiger partial charge < -0.3 is 14.7 Å². The van der Waals surface area contributed by atoms with Gasteiger partial charge in [0.05, 0.1) is 21.0 Å². The van der Waals surface area contributed by atoms with Crippen LogP contribution in [0.25, 0.3) is 10.2 Å². The van der Waals surface area contributed by atoms with Gasteiger partial charge in [0.2, 0.25) is 0 Å². The van der Waals surface area contributed by atoms with Crippen LogP contribution in [0.3, 0.4) is 0 Å². The molecule has 1 aliphatic rings. The average molecular weight is 537 g/mol. The molecule has 1 saturated heterocycles. The monoisotopic (exact) mass is 536 g/mol. The van der Waals surface area contributed by atoms with Gasteiger partial charge in [0.1, 0.15) is 19.8 Å². The predicted molar refractivity (Wildman–Crippen MR) is 151 cm³/mol. The smallest absolute Gasteiger partial charge is 0.410 e. The van der Waals surface area contributed by atoms with E-state index in [9.17, 15) is 14.3 Å². The minimum absolute atomic E-state index is 0.207. The molecule has 5 nitrogen and oxygen atoms in total. The Kier molecular flexibility index (Phi) is 8.94. The van der Waals surface area contributed by atoms with Gasteiger partial charge in [0.25, 0.3) is 0 Å². The van der Waals surface area contributed by atoms with Crippen LogP contribution >= 0.6 is 11.3 Å². The largest absolute Gasteiger partial charge is 0.444 e. The molecule has 8 heteroatoms. The Labute approximate surface area is 221 Å². The van der Waals surface area contributed by atoms with Crippen molar-refractivity contribution >= 4 is 40.4 Å². The molecular weight excluding hydrogens is 491 g/mol. The zero-order chi connectivity index (χ0) is 27.0. The summed E-state index contributed by atoms with van der Waals surface area (Å²) in [5, 5.41) is 11.4. The minimum Gasteiger partial charge on any atom is -0.444 e. The van der Waals surface area contributed by atoms with Crippen LogP contribution < -0.4 is 4.63 Å². The van der Waals surface area contributed by atoms with Crippen molar-refractivity contribution in [2.75, 3.05) is 6.54 Å². The molecule has 2 aromatic rings. The number of benzene rings is 1. The summed E-state index contributed by atoms with van der Waals surface area (Å²) >= 11 is 1.77. The van der Waals surface area contributed by atoms with Crippen LogP contribution in [0.2, 0.25) is 16.6 Å². The van der Waals surface area contributed by atoms with Crippen LogP contribution in [-0.4, -0.2) is 53.5 Å². The summed E-state index contributed by atoms with van der Waals surface area (Å²) in [4.78, 5) is 19.7. The summed E-state index contributed by atoms with van der Waals surface area (Å²) in [6.07, 6.45) is -1.52. The maximum absolute atomic E-state index is 14.4. The first-order chi connectivity index (χ1) is 16.7. The summed E-state index contributed by atoms with van der Waals surface area (Å²) in [6, 6.07) is 5.55. The number of thiazole rings is 1. The van der Waals surface area contributed by atoms with E-state index in [4.69, 9.17) is 9.72 Å². The molecule has 1 fully saturated rings. The van der Waals surface area contributed by atoms with Crippen molar-refractivity contribution < 1.29 is 19.0 Å². The van der Waals surface area contributed by atoms with Crippen LogP contribution in [0.5, 0.6) is 0 Å². The highest BCUT2D eigenvalue weighted by molar-refractivity contribution is 7.31. The molecule has 0 spiro atoms. The number of aliphatic hydroxyl groups is 1. The number of hydrogen-bond acceptors (Lipinski definition) is 5. The molecule has 3 rings (SSSR count). The van der Waals surface area contributed by atoms with E-state index < -0.39 is 38.1 Å². The third-order valence-electron chi connectivity index (χ3n) is 7.82. The second-order valence-electron chi connectivity index (χ2n) is 12.3. The van der Waals surface area contributed by atoms with Crippen molar-refractivity contribution in [1.29, 1.82) is 0 Å². The van der Waals surface area contributed by atoms with Crippen molar-refractivity contribution in [3.8, 4) is 0 Å². The molecule has 1 amide bonds. The second kappa shape index (κ2) is 11.1. The van der Waals surface area contributed by atoms with Crippen molar-refractivity contribution in [3.05, 3.63) is 23.8 Å². The molecule has 36 heavy (non-hydrogen) atoms. The Bertz CT molecular complexity index is 1030. The third kappa shape index (κ3) is 5.81. The first-order valence-electron chi connectivity index (χ1n) is 13.4. The van der Waals surface area contributed by atoms with Crippen molar-refractivity contribution in [1.82, 2.24) is 9.88 Å². The van der Waals surface area contributed by atoms with Gasteiger partial charge in [0.15, 0.2) is 0 Å². The predicted octanol–water partition coefficient (Wildman–Crippen LogP) is 7.34. The van der Waals surface area contributed by atoms with Crippen LogP contribution in [0.1, 0.15) is 93.2 Å². The highest BCUT2D eigenvalue weighted by atomic mass is 32.1. The summed E-state index contributed by atoms with van der Waals surface area (Å²) in [7, 11) is -1.94. The molecule has 0 bridgehead atoms. The number of para-hydroxylation sites is 1. The number of aliphatic hydroxyl groups excluding tert-OH is 1. The lowest BCUT2D eigenvalue weighted by molar-refractivity contribution is -0.00657. The molecule has 0 unspecified atom stereocenters. The SMILES string of the molecule is CC(C)[Si](c1nc2c([C@H](O)C[C@@H]3C[C@@H](F)CCN3C(=O)OC(C)(C)C)cccc2s1)(C(C)C)C(C)C. The number of piperidine rings is 1. The van der Waals surface area contributed by atoms with E-state index >= 15 is 0 Å². The zero-order valence-corrected chi connectivity index (χ0v) is 25.3. The van der Waals surface area contributed by atoms with Gasteiger partial charge in [0, 0.05) is 18.2 Å². The number of rotatable bonds is 7. The second-order valence-corrected chi connectivity index (χ2v) is 19.5. The normalized spacial score (nSPS) is 20.6. The number of fused-ring (bicyclic) bond motifs is 1. The van der Waals surface area contributed by atoms with Gasteiger partial charge >= 0.3 is 6.09 Å². The lowest BCUT2D eigenvalue weighted by atomic mass is 9.93. The molecule has 0 aliphatic carbocycles. The van der Waals surface area contributed by atoms with Gasteiger partial charge in [-0.05, 0) is 62.7 Å². The maximum Gasteiger partial charge on any atom is 0.410 e. The number of ether oxygens (including phenoxy) is 1. The Morgan fingerprint density at radius 1 is 1.19 bits per heavy atom. The number of nitrogens with zero attached hydrogens (tertiary/aromatic N) is 2. The van der Waals surface area contributed by atoms with Gasteiger partial charge in [-0.1, -0.05) is 53.7 Å². The van der Waals surface area contributed by atoms with Gasteiger partial charge in [-0.2, -0.15) is 0 Å². The number of aromatic nitrogens is 1. The fourth-order valence-electron chi connectivity index (χ4n) is 6.34. The fourth-order valence-corrected chi connectivity index (χ4v) is 16.0. The topological polar surface area (TPSA) is 62.7 Å². The van der Waals surface area contributed by atoms with E-state index in [0.29, 0.717) is 29.6 Å². The fraction of sp³-hybridized carbons (Fsp3) is 0.714. The third-order valence-corrected chi connectivity index (χ3v) is 16.6. The molecule has 202 valence electrons. The van der Waals surface area contributed by atoms with Gasteiger partial charge in [-0.25, -0.2) is 14.2 Å². The maximum atomic E-state index is 14.4. The van der Waals surface area contributed by atoms with Crippen molar-refractivity contribution in [2.24, 2.45) is 0 Å². The molecule has 1 aromatic carbocycles. The van der Waals surface area contributed by atoms with Crippen LogP contribution in [0.4, 0.5) is 9.18 Å². The Balaban J connectivity index is 1.96. The minimum atomic E-state index is -1.94. The van der Waals surface area contributed by atoms with Gasteiger partial charge in [-0.3, -0.25) is 0 Å². The van der Waals surface area contributed by atoms with Crippen LogP contribution in [0.15, 0.2) is 18.2 Å². The summed E-state index contributed by atoms with van der Waals surface area (Å²) < 4.78 is 22.3. The summed E-state index contributed by atoms with van der Waals surface area (Å²) in [5.74, 6) is 0. The number of likely N-dealkylation sites (tertiary alicyclic amines) is 1. The Morgan fingerprint density at radius 3 is 2.36 bits per heavy atom. The molecule has 1 aliphatic heterocycles. The first kappa shape index (κ1) is 29.0. The van der Waals surface area contributed by atoms with E-state index in [-0.39, 0.29) is 12.8 Å². The summed E-state index contributed by atoms with van der Waals surface area (Å²) in [5.41, 5.74) is 2.60. The number of hydrogen-bond donors (Lipinski definition) is 1. The van der Waals surface area contributed by atoms with Gasteiger partial charge in [-0.15, -0.1) is 11.3 Å². The molecule has 1 N–H and O–H groups in total. The van der Waals surface area contributed by atoms with Crippen molar-refractivity contribution in [3.63, 3.8) is 0 Å². The average Bonchev–Trinajstić information content (AvgIpc) is 3.16. The number of carbonyl (C=O) groups excluding carboxylic acids is 1. The standard InChI is InChI=1S/C28H45FN2O3SSi/c1-17(2)36(18(3)4,19(5)6)26-30-25-22(11-10-12-24(25)35-26)23(32)16-21-15-20(29)13-14-31(21)27(33)34-28(7,8)9/h10-12,17-21,23,32H,13-16H2,1-9H3/t20-,21-,23+/m0/s1.